The van der Waals surface area contributed by atoms with Gasteiger partial charge >= 0.3 is 0 Å². The molecule has 1 rings (SSSR count). The molecule has 14 heavy (non-hydrogen) atoms. The molecule has 1 aliphatic rings. The molecule has 0 amide bonds. The Balaban J connectivity index is 2.10. The van der Waals surface area contributed by atoms with E-state index in [1.165, 1.54) is 17.9 Å². The van der Waals surface area contributed by atoms with Crippen LogP contribution in [0.3, 0.4) is 0 Å². The van der Waals surface area contributed by atoms with Crippen LogP contribution in [0.4, 0.5) is 0 Å². The third kappa shape index (κ3) is 4.64. The molecule has 2 N–H and O–H groups in total. The first-order valence-corrected chi connectivity index (χ1v) is 6.43. The molecule has 0 radical (unpaired) electrons. The summed E-state index contributed by atoms with van der Waals surface area (Å²) < 4.78 is 5.09. The molecule has 1 saturated heterocycles. The van der Waals surface area contributed by atoms with Crippen LogP contribution in [0.5, 0.6) is 0 Å². The SMILES string of the molecule is COCC(CCO)NCC1CCSC1. The maximum absolute atomic E-state index is 8.86. The van der Waals surface area contributed by atoms with E-state index in [0.29, 0.717) is 12.6 Å². The van der Waals surface area contributed by atoms with E-state index in [9.17, 15) is 0 Å². The second-order valence-corrected chi connectivity index (χ2v) is 4.95. The van der Waals surface area contributed by atoms with Gasteiger partial charge in [-0.2, -0.15) is 11.8 Å². The molecule has 1 heterocycles. The molecule has 2 atom stereocenters. The molecular formula is C10H21NO2S. The van der Waals surface area contributed by atoms with Gasteiger partial charge in [0, 0.05) is 19.8 Å². The van der Waals surface area contributed by atoms with Crippen LogP contribution in [0.2, 0.25) is 0 Å². The van der Waals surface area contributed by atoms with E-state index < -0.39 is 0 Å². The molecule has 0 spiro atoms. The Labute approximate surface area is 90.6 Å². The van der Waals surface area contributed by atoms with Gasteiger partial charge in [0.05, 0.1) is 6.61 Å². The van der Waals surface area contributed by atoms with Gasteiger partial charge in [0.2, 0.25) is 0 Å². The van der Waals surface area contributed by atoms with Crippen molar-refractivity contribution in [2.45, 2.75) is 18.9 Å². The van der Waals surface area contributed by atoms with Crippen molar-refractivity contribution in [2.75, 3.05) is 38.4 Å². The molecule has 84 valence electrons. The summed E-state index contributed by atoms with van der Waals surface area (Å²) >= 11 is 2.04. The van der Waals surface area contributed by atoms with E-state index in [1.807, 2.05) is 11.8 Å². The Morgan fingerprint density at radius 3 is 3.07 bits per heavy atom. The Bertz CT molecular complexity index is 134. The predicted molar refractivity (Wildman–Crippen MR) is 60.8 cm³/mol. The van der Waals surface area contributed by atoms with Crippen LogP contribution >= 0.6 is 11.8 Å². The van der Waals surface area contributed by atoms with E-state index >= 15 is 0 Å². The van der Waals surface area contributed by atoms with Gasteiger partial charge in [0.1, 0.15) is 0 Å². The third-order valence-electron chi connectivity index (χ3n) is 2.56. The van der Waals surface area contributed by atoms with Gasteiger partial charge in [0.25, 0.3) is 0 Å². The van der Waals surface area contributed by atoms with Gasteiger partial charge in [-0.3, -0.25) is 0 Å². The monoisotopic (exact) mass is 219 g/mol. The van der Waals surface area contributed by atoms with Crippen LogP contribution in [0.15, 0.2) is 0 Å². The lowest BCUT2D eigenvalue weighted by Crippen LogP contribution is -2.37. The quantitative estimate of drug-likeness (QED) is 0.662. The molecule has 0 aromatic carbocycles. The first-order chi connectivity index (χ1) is 6.86. The smallest absolute Gasteiger partial charge is 0.0616 e. The second-order valence-electron chi connectivity index (χ2n) is 3.80. The minimum atomic E-state index is 0.237. The Morgan fingerprint density at radius 2 is 2.50 bits per heavy atom. The fraction of sp³-hybridized carbons (Fsp3) is 1.00. The average Bonchev–Trinajstić information content (AvgIpc) is 2.67. The molecule has 0 aliphatic carbocycles. The number of methoxy groups -OCH3 is 1. The van der Waals surface area contributed by atoms with Gasteiger partial charge in [-0.15, -0.1) is 0 Å². The normalized spacial score (nSPS) is 24.0. The fourth-order valence-corrected chi connectivity index (χ4v) is 2.96. The summed E-state index contributed by atoms with van der Waals surface area (Å²) in [4.78, 5) is 0. The van der Waals surface area contributed by atoms with E-state index in [2.05, 4.69) is 5.32 Å². The van der Waals surface area contributed by atoms with E-state index in [4.69, 9.17) is 9.84 Å². The lowest BCUT2D eigenvalue weighted by molar-refractivity contribution is 0.147. The largest absolute Gasteiger partial charge is 0.396 e. The Morgan fingerprint density at radius 1 is 1.64 bits per heavy atom. The molecule has 3 nitrogen and oxygen atoms in total. The number of hydrogen-bond donors (Lipinski definition) is 2. The van der Waals surface area contributed by atoms with Crippen LogP contribution in [-0.4, -0.2) is 49.5 Å². The highest BCUT2D eigenvalue weighted by Gasteiger charge is 2.16. The number of nitrogens with one attached hydrogen (secondary N) is 1. The number of ether oxygens (including phenoxy) is 1. The van der Waals surface area contributed by atoms with Gasteiger partial charge in [-0.1, -0.05) is 0 Å². The minimum Gasteiger partial charge on any atom is -0.396 e. The Kier molecular flexibility index (Phi) is 6.60. The minimum absolute atomic E-state index is 0.237. The number of aliphatic hydroxyl groups excluding tert-OH is 1. The summed E-state index contributed by atoms with van der Waals surface area (Å²) in [5.74, 6) is 3.41. The average molecular weight is 219 g/mol. The fourth-order valence-electron chi connectivity index (χ4n) is 1.68. The van der Waals surface area contributed by atoms with E-state index in [1.54, 1.807) is 7.11 Å². The van der Waals surface area contributed by atoms with Crippen LogP contribution in [0.1, 0.15) is 12.8 Å². The molecule has 0 saturated carbocycles. The third-order valence-corrected chi connectivity index (χ3v) is 3.80. The van der Waals surface area contributed by atoms with Crippen LogP contribution < -0.4 is 5.32 Å². The van der Waals surface area contributed by atoms with E-state index in [0.717, 1.165) is 18.9 Å². The van der Waals surface area contributed by atoms with E-state index in [-0.39, 0.29) is 6.61 Å². The summed E-state index contributed by atoms with van der Waals surface area (Å²) in [6.45, 7) is 2.00. The van der Waals surface area contributed by atoms with Crippen molar-refractivity contribution in [3.05, 3.63) is 0 Å². The molecule has 0 aromatic heterocycles. The molecule has 1 aliphatic heterocycles. The maximum Gasteiger partial charge on any atom is 0.0616 e. The maximum atomic E-state index is 8.86. The highest BCUT2D eigenvalue weighted by atomic mass is 32.2. The number of thioether (sulfide) groups is 1. The highest BCUT2D eigenvalue weighted by molar-refractivity contribution is 7.99. The zero-order chi connectivity index (χ0) is 10.2. The lowest BCUT2D eigenvalue weighted by atomic mass is 10.1. The van der Waals surface area contributed by atoms with Crippen LogP contribution in [0.25, 0.3) is 0 Å². The molecule has 2 unspecified atom stereocenters. The summed E-state index contributed by atoms with van der Waals surface area (Å²) in [7, 11) is 1.71. The standard InChI is InChI=1S/C10H21NO2S/c1-13-7-10(2-4-12)11-6-9-3-5-14-8-9/h9-12H,2-8H2,1H3. The number of rotatable bonds is 7. The molecule has 0 bridgehead atoms. The number of hydrogen-bond acceptors (Lipinski definition) is 4. The summed E-state index contributed by atoms with van der Waals surface area (Å²) in [5.41, 5.74) is 0. The van der Waals surface area contributed by atoms with Crippen molar-refractivity contribution in [3.8, 4) is 0 Å². The second kappa shape index (κ2) is 7.51. The summed E-state index contributed by atoms with van der Waals surface area (Å²) in [6, 6.07) is 0.315. The first kappa shape index (κ1) is 12.3. The van der Waals surface area contributed by atoms with Crippen molar-refractivity contribution in [2.24, 2.45) is 5.92 Å². The summed E-state index contributed by atoms with van der Waals surface area (Å²) in [6.07, 6.45) is 2.12. The zero-order valence-electron chi connectivity index (χ0n) is 8.87. The van der Waals surface area contributed by atoms with Gasteiger partial charge < -0.3 is 15.2 Å². The van der Waals surface area contributed by atoms with Gasteiger partial charge in [0.15, 0.2) is 0 Å². The van der Waals surface area contributed by atoms with Crippen molar-refractivity contribution in [1.82, 2.24) is 5.32 Å². The van der Waals surface area contributed by atoms with Crippen molar-refractivity contribution in [3.63, 3.8) is 0 Å². The van der Waals surface area contributed by atoms with Crippen molar-refractivity contribution < 1.29 is 9.84 Å². The van der Waals surface area contributed by atoms with Crippen LogP contribution in [-0.2, 0) is 4.74 Å². The van der Waals surface area contributed by atoms with Gasteiger partial charge in [-0.05, 0) is 36.8 Å². The Hall–Kier alpha value is 0.230. The summed E-state index contributed by atoms with van der Waals surface area (Å²) in [5, 5.41) is 12.3. The lowest BCUT2D eigenvalue weighted by Gasteiger charge is -2.19. The highest BCUT2D eigenvalue weighted by Crippen LogP contribution is 2.22. The van der Waals surface area contributed by atoms with Crippen molar-refractivity contribution >= 4 is 11.8 Å². The number of aliphatic hydroxyl groups is 1. The van der Waals surface area contributed by atoms with Gasteiger partial charge in [-0.25, -0.2) is 0 Å². The predicted octanol–water partition coefficient (Wildman–Crippen LogP) is 0.726. The topological polar surface area (TPSA) is 41.5 Å². The first-order valence-electron chi connectivity index (χ1n) is 5.27. The molecule has 1 fully saturated rings. The van der Waals surface area contributed by atoms with Crippen molar-refractivity contribution in [1.29, 1.82) is 0 Å². The van der Waals surface area contributed by atoms with Crippen LogP contribution in [0, 0.1) is 5.92 Å². The molecule has 0 aromatic rings. The zero-order valence-corrected chi connectivity index (χ0v) is 9.68. The molecular weight excluding hydrogens is 198 g/mol. The molecule has 4 heteroatoms.